The van der Waals surface area contributed by atoms with Crippen LogP contribution < -0.4 is 0 Å². The zero-order valence-corrected chi connectivity index (χ0v) is 15.0. The van der Waals surface area contributed by atoms with E-state index in [1.165, 1.54) is 19.3 Å². The number of piperazine rings is 1. The maximum absolute atomic E-state index is 12.5. The minimum absolute atomic E-state index is 0.0454. The lowest BCUT2D eigenvalue weighted by Gasteiger charge is -2.35. The van der Waals surface area contributed by atoms with Crippen LogP contribution in [0.1, 0.15) is 36.0 Å². The fourth-order valence-corrected chi connectivity index (χ4v) is 3.50. The smallest absolute Gasteiger partial charge is 0.255 e. The first-order chi connectivity index (χ1) is 11.7. The van der Waals surface area contributed by atoms with Gasteiger partial charge in [-0.25, -0.2) is 0 Å². The number of rotatable bonds is 7. The van der Waals surface area contributed by atoms with Gasteiger partial charge in [-0.15, -0.1) is 0 Å². The Balaban J connectivity index is 1.33. The predicted molar refractivity (Wildman–Crippen MR) is 96.6 cm³/mol. The van der Waals surface area contributed by atoms with Gasteiger partial charge in [-0.3, -0.25) is 9.69 Å². The minimum Gasteiger partial charge on any atom is -0.381 e. The van der Waals surface area contributed by atoms with E-state index >= 15 is 0 Å². The molecule has 1 saturated heterocycles. The molecule has 0 N–H and O–H groups in total. The molecular formula is C19H27ClN2O2. The van der Waals surface area contributed by atoms with Crippen LogP contribution in [0.5, 0.6) is 0 Å². The second kappa shape index (κ2) is 8.84. The number of halogens is 1. The summed E-state index contributed by atoms with van der Waals surface area (Å²) >= 11 is 6.13. The molecule has 2 fully saturated rings. The van der Waals surface area contributed by atoms with Crippen molar-refractivity contribution in [1.82, 2.24) is 9.80 Å². The molecule has 1 aliphatic heterocycles. The Morgan fingerprint density at radius 3 is 2.58 bits per heavy atom. The van der Waals surface area contributed by atoms with Crippen LogP contribution in [0.25, 0.3) is 0 Å². The third-order valence-electron chi connectivity index (χ3n) is 5.11. The minimum atomic E-state index is 0.0454. The number of nitrogens with zero attached hydrogens (tertiary/aromatic N) is 2. The second-order valence-electron chi connectivity index (χ2n) is 6.84. The first-order valence-corrected chi connectivity index (χ1v) is 9.46. The summed E-state index contributed by atoms with van der Waals surface area (Å²) in [7, 11) is 0. The van der Waals surface area contributed by atoms with Gasteiger partial charge in [0.2, 0.25) is 0 Å². The number of hydrogen-bond acceptors (Lipinski definition) is 3. The van der Waals surface area contributed by atoms with Crippen LogP contribution in [-0.2, 0) is 4.74 Å². The highest BCUT2D eigenvalue weighted by atomic mass is 35.5. The molecule has 5 heteroatoms. The van der Waals surface area contributed by atoms with E-state index in [1.54, 1.807) is 12.1 Å². The SMILES string of the molecule is O=C(c1ccccc1Cl)N1CCN(CCCOCC2CCC2)CC1. The Bertz CT molecular complexity index is 540. The number of carbonyl (C=O) groups is 1. The van der Waals surface area contributed by atoms with Crippen molar-refractivity contribution >= 4 is 17.5 Å². The topological polar surface area (TPSA) is 32.8 Å². The summed E-state index contributed by atoms with van der Waals surface area (Å²) in [6.45, 7) is 6.26. The predicted octanol–water partition coefficient (Wildman–Crippen LogP) is 3.30. The highest BCUT2D eigenvalue weighted by Crippen LogP contribution is 2.26. The van der Waals surface area contributed by atoms with Gasteiger partial charge >= 0.3 is 0 Å². The zero-order valence-electron chi connectivity index (χ0n) is 14.3. The van der Waals surface area contributed by atoms with Crippen LogP contribution in [0.4, 0.5) is 0 Å². The van der Waals surface area contributed by atoms with Gasteiger partial charge in [-0.1, -0.05) is 30.2 Å². The molecule has 0 atom stereocenters. The molecule has 132 valence electrons. The van der Waals surface area contributed by atoms with Crippen molar-refractivity contribution in [2.75, 3.05) is 45.9 Å². The van der Waals surface area contributed by atoms with Crippen molar-refractivity contribution in [2.24, 2.45) is 5.92 Å². The average Bonchev–Trinajstić information content (AvgIpc) is 2.57. The molecule has 24 heavy (non-hydrogen) atoms. The Labute approximate surface area is 149 Å². The summed E-state index contributed by atoms with van der Waals surface area (Å²) in [5.41, 5.74) is 0.608. The molecule has 1 aliphatic carbocycles. The highest BCUT2D eigenvalue weighted by Gasteiger charge is 2.23. The number of hydrogen-bond donors (Lipinski definition) is 0. The van der Waals surface area contributed by atoms with Crippen LogP contribution in [0, 0.1) is 5.92 Å². The molecule has 1 aromatic carbocycles. The second-order valence-corrected chi connectivity index (χ2v) is 7.25. The van der Waals surface area contributed by atoms with Crippen LogP contribution >= 0.6 is 11.6 Å². The van der Waals surface area contributed by atoms with Crippen LogP contribution in [0.2, 0.25) is 5.02 Å². The number of carbonyl (C=O) groups excluding carboxylic acids is 1. The Hall–Kier alpha value is -1.10. The van der Waals surface area contributed by atoms with E-state index in [9.17, 15) is 4.79 Å². The monoisotopic (exact) mass is 350 g/mol. The van der Waals surface area contributed by atoms with E-state index < -0.39 is 0 Å². The van der Waals surface area contributed by atoms with E-state index in [0.717, 1.165) is 58.3 Å². The maximum Gasteiger partial charge on any atom is 0.255 e. The lowest BCUT2D eigenvalue weighted by atomic mass is 9.86. The van der Waals surface area contributed by atoms with Crippen LogP contribution in [-0.4, -0.2) is 61.6 Å². The standard InChI is InChI=1S/C19H27ClN2O2/c20-18-8-2-1-7-17(18)19(23)22-12-10-21(11-13-22)9-4-14-24-15-16-5-3-6-16/h1-2,7-8,16H,3-6,9-15H2. The quantitative estimate of drug-likeness (QED) is 0.707. The lowest BCUT2D eigenvalue weighted by Crippen LogP contribution is -2.49. The molecular weight excluding hydrogens is 324 g/mol. The summed E-state index contributed by atoms with van der Waals surface area (Å²) in [6.07, 6.45) is 5.15. The van der Waals surface area contributed by atoms with Crippen molar-refractivity contribution < 1.29 is 9.53 Å². The van der Waals surface area contributed by atoms with Crippen LogP contribution in [0.3, 0.4) is 0 Å². The molecule has 1 amide bonds. The van der Waals surface area contributed by atoms with E-state index in [1.807, 2.05) is 17.0 Å². The average molecular weight is 351 g/mol. The van der Waals surface area contributed by atoms with Crippen molar-refractivity contribution in [3.63, 3.8) is 0 Å². The molecule has 1 heterocycles. The van der Waals surface area contributed by atoms with E-state index in [-0.39, 0.29) is 5.91 Å². The van der Waals surface area contributed by atoms with Gasteiger partial charge in [0.25, 0.3) is 5.91 Å². The van der Waals surface area contributed by atoms with Gasteiger partial charge in [-0.05, 0) is 37.3 Å². The van der Waals surface area contributed by atoms with Gasteiger partial charge in [-0.2, -0.15) is 0 Å². The van der Waals surface area contributed by atoms with Gasteiger partial charge in [0.15, 0.2) is 0 Å². The number of amides is 1. The fraction of sp³-hybridized carbons (Fsp3) is 0.632. The Morgan fingerprint density at radius 1 is 1.17 bits per heavy atom. The normalized spacial score (nSPS) is 19.3. The first-order valence-electron chi connectivity index (χ1n) is 9.08. The molecule has 0 unspecified atom stereocenters. The first kappa shape index (κ1) is 17.7. The Kier molecular flexibility index (Phi) is 6.52. The van der Waals surface area contributed by atoms with Crippen molar-refractivity contribution in [3.8, 4) is 0 Å². The highest BCUT2D eigenvalue weighted by molar-refractivity contribution is 6.33. The van der Waals surface area contributed by atoms with Crippen molar-refractivity contribution in [2.45, 2.75) is 25.7 Å². The zero-order chi connectivity index (χ0) is 16.8. The summed E-state index contributed by atoms with van der Waals surface area (Å²) < 4.78 is 5.75. The van der Waals surface area contributed by atoms with Crippen LogP contribution in [0.15, 0.2) is 24.3 Å². The molecule has 0 bridgehead atoms. The fourth-order valence-electron chi connectivity index (χ4n) is 3.28. The maximum atomic E-state index is 12.5. The summed E-state index contributed by atoms with van der Waals surface area (Å²) in [6, 6.07) is 7.29. The number of ether oxygens (including phenoxy) is 1. The third kappa shape index (κ3) is 4.71. The van der Waals surface area contributed by atoms with Gasteiger partial charge in [0.1, 0.15) is 0 Å². The molecule has 4 nitrogen and oxygen atoms in total. The number of benzene rings is 1. The van der Waals surface area contributed by atoms with Gasteiger partial charge < -0.3 is 9.64 Å². The molecule has 1 aromatic rings. The van der Waals surface area contributed by atoms with Gasteiger partial charge in [0.05, 0.1) is 10.6 Å². The largest absolute Gasteiger partial charge is 0.381 e. The summed E-state index contributed by atoms with van der Waals surface area (Å²) in [5, 5.41) is 0.536. The van der Waals surface area contributed by atoms with Crippen molar-refractivity contribution in [3.05, 3.63) is 34.9 Å². The molecule has 0 spiro atoms. The molecule has 0 radical (unpaired) electrons. The molecule has 0 aromatic heterocycles. The molecule has 1 saturated carbocycles. The third-order valence-corrected chi connectivity index (χ3v) is 5.43. The van der Waals surface area contributed by atoms with E-state index in [0.29, 0.717) is 10.6 Å². The van der Waals surface area contributed by atoms with Crippen molar-refractivity contribution in [1.29, 1.82) is 0 Å². The van der Waals surface area contributed by atoms with E-state index in [2.05, 4.69) is 4.90 Å². The van der Waals surface area contributed by atoms with Gasteiger partial charge in [0, 0.05) is 45.9 Å². The summed E-state index contributed by atoms with van der Waals surface area (Å²) in [4.78, 5) is 16.9. The summed E-state index contributed by atoms with van der Waals surface area (Å²) in [5.74, 6) is 0.869. The lowest BCUT2D eigenvalue weighted by molar-refractivity contribution is 0.0530. The van der Waals surface area contributed by atoms with E-state index in [4.69, 9.17) is 16.3 Å². The molecule has 2 aliphatic rings. The Morgan fingerprint density at radius 2 is 1.92 bits per heavy atom. The molecule has 3 rings (SSSR count).